The van der Waals surface area contributed by atoms with Gasteiger partial charge in [-0.15, -0.1) is 0 Å². The SMILES string of the molecule is CCC(C)(C)C1CCC(C#N)C(N(C)CC2CCC2)C1. The second-order valence-corrected chi connectivity index (χ2v) is 7.89. The zero-order chi connectivity index (χ0) is 14.8. The van der Waals surface area contributed by atoms with E-state index in [1.807, 2.05) is 0 Å². The van der Waals surface area contributed by atoms with Gasteiger partial charge in [0.2, 0.25) is 0 Å². The molecule has 0 radical (unpaired) electrons. The van der Waals surface area contributed by atoms with Crippen LogP contribution < -0.4 is 0 Å². The van der Waals surface area contributed by atoms with Crippen molar-refractivity contribution >= 4 is 0 Å². The molecule has 0 bridgehead atoms. The third-order valence-corrected chi connectivity index (χ3v) is 6.34. The van der Waals surface area contributed by atoms with E-state index in [2.05, 4.69) is 38.8 Å². The van der Waals surface area contributed by atoms with E-state index in [0.29, 0.717) is 11.5 Å². The van der Waals surface area contributed by atoms with Gasteiger partial charge in [0.1, 0.15) is 0 Å². The van der Waals surface area contributed by atoms with Gasteiger partial charge in [-0.05, 0) is 56.4 Å². The second-order valence-electron chi connectivity index (χ2n) is 7.89. The Balaban J connectivity index is 2.00. The Kier molecular flexibility index (Phi) is 5.13. The van der Waals surface area contributed by atoms with Crippen LogP contribution in [0.25, 0.3) is 0 Å². The summed E-state index contributed by atoms with van der Waals surface area (Å²) in [6, 6.07) is 3.08. The van der Waals surface area contributed by atoms with E-state index in [-0.39, 0.29) is 5.92 Å². The molecular weight excluding hydrogens is 244 g/mol. The van der Waals surface area contributed by atoms with Crippen molar-refractivity contribution in [2.24, 2.45) is 23.2 Å². The van der Waals surface area contributed by atoms with Gasteiger partial charge in [-0.1, -0.05) is 33.6 Å². The summed E-state index contributed by atoms with van der Waals surface area (Å²) in [4.78, 5) is 2.52. The number of nitriles is 1. The Bertz CT molecular complexity index is 351. The Morgan fingerprint density at radius 2 is 1.90 bits per heavy atom. The van der Waals surface area contributed by atoms with Gasteiger partial charge in [-0.25, -0.2) is 0 Å². The van der Waals surface area contributed by atoms with E-state index in [1.54, 1.807) is 0 Å². The van der Waals surface area contributed by atoms with Gasteiger partial charge in [0, 0.05) is 12.6 Å². The average molecular weight is 276 g/mol. The van der Waals surface area contributed by atoms with E-state index >= 15 is 0 Å². The van der Waals surface area contributed by atoms with Crippen molar-refractivity contribution in [1.82, 2.24) is 4.90 Å². The molecule has 0 heterocycles. The summed E-state index contributed by atoms with van der Waals surface area (Å²) >= 11 is 0. The fourth-order valence-electron chi connectivity index (χ4n) is 4.00. The van der Waals surface area contributed by atoms with E-state index in [4.69, 9.17) is 0 Å². The smallest absolute Gasteiger partial charge is 0.0672 e. The van der Waals surface area contributed by atoms with Crippen LogP contribution in [0, 0.1) is 34.5 Å². The average Bonchev–Trinajstić information content (AvgIpc) is 2.41. The summed E-state index contributed by atoms with van der Waals surface area (Å²) < 4.78 is 0. The molecule has 2 heteroatoms. The van der Waals surface area contributed by atoms with Crippen LogP contribution in [0.4, 0.5) is 0 Å². The van der Waals surface area contributed by atoms with Crippen molar-refractivity contribution < 1.29 is 0 Å². The van der Waals surface area contributed by atoms with Crippen LogP contribution in [-0.4, -0.2) is 24.5 Å². The van der Waals surface area contributed by atoms with Crippen LogP contribution in [0.5, 0.6) is 0 Å². The highest BCUT2D eigenvalue weighted by molar-refractivity contribution is 4.99. The predicted octanol–water partition coefficient (Wildman–Crippen LogP) is 4.46. The molecule has 2 aliphatic carbocycles. The van der Waals surface area contributed by atoms with Crippen molar-refractivity contribution in [2.75, 3.05) is 13.6 Å². The molecule has 2 nitrogen and oxygen atoms in total. The summed E-state index contributed by atoms with van der Waals surface area (Å²) in [5.74, 6) is 1.94. The lowest BCUT2D eigenvalue weighted by molar-refractivity contribution is 0.0498. The molecule has 2 aliphatic rings. The summed E-state index contributed by atoms with van der Waals surface area (Å²) in [5.41, 5.74) is 0.427. The Morgan fingerprint density at radius 3 is 2.40 bits per heavy atom. The largest absolute Gasteiger partial charge is 0.302 e. The van der Waals surface area contributed by atoms with Gasteiger partial charge in [0.25, 0.3) is 0 Å². The van der Waals surface area contributed by atoms with Crippen molar-refractivity contribution in [3.05, 3.63) is 0 Å². The summed E-state index contributed by atoms with van der Waals surface area (Å²) in [6.45, 7) is 8.34. The lowest BCUT2D eigenvalue weighted by Crippen LogP contribution is -2.46. The monoisotopic (exact) mass is 276 g/mol. The van der Waals surface area contributed by atoms with Gasteiger partial charge >= 0.3 is 0 Å². The van der Waals surface area contributed by atoms with Gasteiger partial charge in [-0.2, -0.15) is 5.26 Å². The van der Waals surface area contributed by atoms with E-state index in [1.165, 1.54) is 45.1 Å². The maximum atomic E-state index is 9.49. The van der Waals surface area contributed by atoms with Crippen LogP contribution >= 0.6 is 0 Å². The van der Waals surface area contributed by atoms with Gasteiger partial charge in [0.05, 0.1) is 12.0 Å². The van der Waals surface area contributed by atoms with Crippen LogP contribution in [0.15, 0.2) is 0 Å². The number of hydrogen-bond donors (Lipinski definition) is 0. The molecule has 0 saturated heterocycles. The van der Waals surface area contributed by atoms with E-state index in [0.717, 1.165) is 18.3 Å². The van der Waals surface area contributed by atoms with Crippen molar-refractivity contribution in [2.45, 2.75) is 71.8 Å². The molecule has 2 saturated carbocycles. The molecule has 0 amide bonds. The highest BCUT2D eigenvalue weighted by Gasteiger charge is 2.39. The van der Waals surface area contributed by atoms with E-state index < -0.39 is 0 Å². The molecule has 114 valence electrons. The minimum Gasteiger partial charge on any atom is -0.302 e. The van der Waals surface area contributed by atoms with E-state index in [9.17, 15) is 5.26 Å². The fraction of sp³-hybridized carbons (Fsp3) is 0.944. The molecule has 0 aromatic carbocycles. The van der Waals surface area contributed by atoms with Gasteiger partial charge in [-0.3, -0.25) is 0 Å². The normalized spacial score (nSPS) is 31.9. The van der Waals surface area contributed by atoms with Gasteiger partial charge in [0.15, 0.2) is 0 Å². The van der Waals surface area contributed by atoms with Gasteiger partial charge < -0.3 is 4.90 Å². The third kappa shape index (κ3) is 3.37. The molecular formula is C18H32N2. The molecule has 0 aromatic heterocycles. The minimum atomic E-state index is 0.254. The molecule has 3 atom stereocenters. The molecule has 0 aliphatic heterocycles. The molecule has 0 N–H and O–H groups in total. The Morgan fingerprint density at radius 1 is 1.20 bits per heavy atom. The maximum absolute atomic E-state index is 9.49. The first-order chi connectivity index (χ1) is 9.47. The standard InChI is InChI=1S/C18H32N2/c1-5-18(2,3)16-10-9-15(12-19)17(11-16)20(4)13-14-7-6-8-14/h14-17H,5-11,13H2,1-4H3. The summed E-state index contributed by atoms with van der Waals surface area (Å²) in [6.07, 6.45) is 9.03. The molecule has 3 unspecified atom stereocenters. The lowest BCUT2D eigenvalue weighted by Gasteiger charge is -2.45. The highest BCUT2D eigenvalue weighted by atomic mass is 15.1. The van der Waals surface area contributed by atoms with Crippen LogP contribution in [-0.2, 0) is 0 Å². The highest BCUT2D eigenvalue weighted by Crippen LogP contribution is 2.43. The summed E-state index contributed by atoms with van der Waals surface area (Å²) in [7, 11) is 2.26. The number of nitrogens with zero attached hydrogens (tertiary/aromatic N) is 2. The molecule has 0 spiro atoms. The Labute approximate surface area is 125 Å². The number of rotatable bonds is 5. The molecule has 0 aromatic rings. The first kappa shape index (κ1) is 15.8. The fourth-order valence-corrected chi connectivity index (χ4v) is 4.00. The topological polar surface area (TPSA) is 27.0 Å². The minimum absolute atomic E-state index is 0.254. The first-order valence-corrected chi connectivity index (χ1v) is 8.57. The Hall–Kier alpha value is -0.550. The zero-order valence-electron chi connectivity index (χ0n) is 13.9. The van der Waals surface area contributed by atoms with Crippen molar-refractivity contribution in [3.8, 4) is 6.07 Å². The van der Waals surface area contributed by atoms with Crippen LogP contribution in [0.1, 0.15) is 65.7 Å². The lowest BCUT2D eigenvalue weighted by atomic mass is 9.66. The molecule has 2 rings (SSSR count). The van der Waals surface area contributed by atoms with Crippen molar-refractivity contribution in [1.29, 1.82) is 5.26 Å². The number of hydrogen-bond acceptors (Lipinski definition) is 2. The van der Waals surface area contributed by atoms with Crippen LogP contribution in [0.2, 0.25) is 0 Å². The zero-order valence-corrected chi connectivity index (χ0v) is 13.9. The third-order valence-electron chi connectivity index (χ3n) is 6.34. The molecule has 2 fully saturated rings. The quantitative estimate of drug-likeness (QED) is 0.741. The van der Waals surface area contributed by atoms with Crippen LogP contribution in [0.3, 0.4) is 0 Å². The first-order valence-electron chi connectivity index (χ1n) is 8.57. The van der Waals surface area contributed by atoms with Crippen molar-refractivity contribution in [3.63, 3.8) is 0 Å². The predicted molar refractivity (Wildman–Crippen MR) is 84.3 cm³/mol. The second kappa shape index (κ2) is 6.48. The summed E-state index contributed by atoms with van der Waals surface area (Å²) in [5, 5.41) is 9.49. The molecule has 20 heavy (non-hydrogen) atoms. The maximum Gasteiger partial charge on any atom is 0.0672 e.